The predicted octanol–water partition coefficient (Wildman–Crippen LogP) is 2.71. The summed E-state index contributed by atoms with van der Waals surface area (Å²) >= 11 is 1.55. The van der Waals surface area contributed by atoms with Crippen LogP contribution < -0.4 is 5.69 Å². The van der Waals surface area contributed by atoms with Crippen LogP contribution in [-0.2, 0) is 6.61 Å². The number of aliphatic hydroxyl groups excluding tert-OH is 1. The van der Waals surface area contributed by atoms with Gasteiger partial charge in [-0.15, -0.1) is 11.3 Å². The second-order valence-electron chi connectivity index (χ2n) is 5.21. The van der Waals surface area contributed by atoms with E-state index in [4.69, 9.17) is 0 Å². The highest BCUT2D eigenvalue weighted by Crippen LogP contribution is 2.31. The molecule has 110 valence electrons. The molecule has 0 radical (unpaired) electrons. The van der Waals surface area contributed by atoms with E-state index in [0.717, 1.165) is 31.8 Å². The monoisotopic (exact) mass is 311 g/mol. The van der Waals surface area contributed by atoms with E-state index in [1.807, 2.05) is 43.3 Å². The first-order valence-corrected chi connectivity index (χ1v) is 7.69. The van der Waals surface area contributed by atoms with Gasteiger partial charge in [0.05, 0.1) is 12.1 Å². The highest BCUT2D eigenvalue weighted by atomic mass is 32.1. The van der Waals surface area contributed by atoms with Crippen molar-refractivity contribution < 1.29 is 5.11 Å². The predicted molar refractivity (Wildman–Crippen MR) is 87.3 cm³/mol. The van der Waals surface area contributed by atoms with Crippen molar-refractivity contribution >= 4 is 27.9 Å². The van der Waals surface area contributed by atoms with Gasteiger partial charge in [-0.3, -0.25) is 0 Å². The number of pyridine rings is 1. The van der Waals surface area contributed by atoms with Crippen molar-refractivity contribution in [3.63, 3.8) is 0 Å². The number of nitrogens with one attached hydrogen (secondary N) is 1. The normalized spacial score (nSPS) is 11.5. The first-order valence-electron chi connectivity index (χ1n) is 6.88. The van der Waals surface area contributed by atoms with Crippen LogP contribution >= 0.6 is 11.3 Å². The number of rotatable bonds is 2. The third-order valence-electron chi connectivity index (χ3n) is 3.81. The molecule has 4 rings (SSSR count). The van der Waals surface area contributed by atoms with Crippen molar-refractivity contribution in [1.82, 2.24) is 14.6 Å². The summed E-state index contributed by atoms with van der Waals surface area (Å²) in [5.74, 6) is 0. The molecule has 5 nitrogen and oxygen atoms in total. The van der Waals surface area contributed by atoms with Crippen LogP contribution in [0.3, 0.4) is 0 Å². The number of aryl methyl sites for hydroxylation is 1. The van der Waals surface area contributed by atoms with Gasteiger partial charge in [0.25, 0.3) is 0 Å². The summed E-state index contributed by atoms with van der Waals surface area (Å²) in [6.07, 6.45) is 0. The number of aromatic amines is 1. The number of nitrogens with zero attached hydrogens (tertiary/aromatic N) is 2. The molecular weight excluding hydrogens is 298 g/mol. The number of aliphatic hydroxyl groups is 1. The molecular formula is C16H13N3O2S. The molecule has 3 heterocycles. The molecule has 3 aromatic heterocycles. The van der Waals surface area contributed by atoms with E-state index in [2.05, 4.69) is 10.2 Å². The number of fused-ring (bicyclic) bond motifs is 3. The molecule has 1 aromatic carbocycles. The molecule has 0 bridgehead atoms. The third kappa shape index (κ3) is 1.88. The van der Waals surface area contributed by atoms with Gasteiger partial charge in [0.1, 0.15) is 0 Å². The molecule has 0 atom stereocenters. The third-order valence-corrected chi connectivity index (χ3v) is 4.93. The lowest BCUT2D eigenvalue weighted by molar-refractivity contribution is 0.285. The van der Waals surface area contributed by atoms with Crippen LogP contribution in [0.15, 0.2) is 41.2 Å². The van der Waals surface area contributed by atoms with Crippen LogP contribution in [0.1, 0.15) is 10.4 Å². The average Bonchev–Trinajstić information content (AvgIpc) is 3.14. The number of hydrogen-bond acceptors (Lipinski definition) is 4. The molecule has 0 fully saturated rings. The largest absolute Gasteiger partial charge is 0.391 e. The molecule has 4 aromatic rings. The number of hydrogen-bond donors (Lipinski definition) is 2. The Morgan fingerprint density at radius 1 is 1.27 bits per heavy atom. The Labute approximate surface area is 129 Å². The van der Waals surface area contributed by atoms with Gasteiger partial charge in [-0.25, -0.2) is 14.3 Å². The first kappa shape index (κ1) is 13.2. The van der Waals surface area contributed by atoms with E-state index in [1.54, 1.807) is 15.7 Å². The van der Waals surface area contributed by atoms with Crippen molar-refractivity contribution in [1.29, 1.82) is 0 Å². The fraction of sp³-hybridized carbons (Fsp3) is 0.125. The van der Waals surface area contributed by atoms with Gasteiger partial charge in [0.2, 0.25) is 0 Å². The lowest BCUT2D eigenvalue weighted by atomic mass is 10.1. The maximum Gasteiger partial charge on any atom is 0.348 e. The smallest absolute Gasteiger partial charge is 0.348 e. The number of H-pyrrole nitrogens is 1. The minimum absolute atomic E-state index is 0.0444. The highest BCUT2D eigenvalue weighted by molar-refractivity contribution is 7.15. The molecule has 0 aliphatic rings. The van der Waals surface area contributed by atoms with Crippen LogP contribution in [-0.4, -0.2) is 19.7 Å². The summed E-state index contributed by atoms with van der Waals surface area (Å²) in [5.41, 5.74) is 3.33. The summed E-state index contributed by atoms with van der Waals surface area (Å²) in [7, 11) is 0. The van der Waals surface area contributed by atoms with Gasteiger partial charge < -0.3 is 5.11 Å². The maximum atomic E-state index is 12.0. The molecule has 0 saturated heterocycles. The van der Waals surface area contributed by atoms with Gasteiger partial charge in [-0.2, -0.15) is 5.10 Å². The standard InChI is InChI=1S/C16H13N3O2S/c1-9-6-15-17-18-16(21)19(15)13-7-10(2-4-12(9)13)14-5-3-11(8-20)22-14/h2-7,20H,8H2,1H3,(H,18,21). The molecule has 2 N–H and O–H groups in total. The second kappa shape index (κ2) is 4.79. The van der Waals surface area contributed by atoms with Gasteiger partial charge >= 0.3 is 5.69 Å². The quantitative estimate of drug-likeness (QED) is 0.598. The molecule has 0 amide bonds. The first-order chi connectivity index (χ1) is 10.7. The van der Waals surface area contributed by atoms with Crippen LogP contribution in [0, 0.1) is 6.92 Å². The zero-order valence-electron chi connectivity index (χ0n) is 11.8. The molecule has 0 saturated carbocycles. The van der Waals surface area contributed by atoms with E-state index in [1.165, 1.54) is 0 Å². The van der Waals surface area contributed by atoms with Crippen molar-refractivity contribution in [2.75, 3.05) is 0 Å². The molecule has 0 spiro atoms. The van der Waals surface area contributed by atoms with Crippen LogP contribution in [0.5, 0.6) is 0 Å². The fourth-order valence-corrected chi connectivity index (χ4v) is 3.60. The van der Waals surface area contributed by atoms with Crippen molar-refractivity contribution in [3.05, 3.63) is 57.3 Å². The van der Waals surface area contributed by atoms with Crippen molar-refractivity contribution in [2.24, 2.45) is 0 Å². The average molecular weight is 311 g/mol. The molecule has 22 heavy (non-hydrogen) atoms. The maximum absolute atomic E-state index is 12.0. The van der Waals surface area contributed by atoms with Crippen molar-refractivity contribution in [2.45, 2.75) is 13.5 Å². The van der Waals surface area contributed by atoms with E-state index in [-0.39, 0.29) is 12.3 Å². The lowest BCUT2D eigenvalue weighted by Gasteiger charge is -2.06. The highest BCUT2D eigenvalue weighted by Gasteiger charge is 2.10. The summed E-state index contributed by atoms with van der Waals surface area (Å²) in [5, 5.41) is 16.8. The number of aromatic nitrogens is 3. The van der Waals surface area contributed by atoms with Gasteiger partial charge in [0.15, 0.2) is 5.65 Å². The fourth-order valence-electron chi connectivity index (χ4n) is 2.73. The zero-order valence-corrected chi connectivity index (χ0v) is 12.6. The Kier molecular flexibility index (Phi) is 2.88. The Balaban J connectivity index is 2.05. The van der Waals surface area contributed by atoms with E-state index < -0.39 is 0 Å². The lowest BCUT2D eigenvalue weighted by Crippen LogP contribution is -2.10. The molecule has 0 unspecified atom stereocenters. The second-order valence-corrected chi connectivity index (χ2v) is 6.37. The van der Waals surface area contributed by atoms with Crippen LogP contribution in [0.2, 0.25) is 0 Å². The summed E-state index contributed by atoms with van der Waals surface area (Å²) in [6.45, 7) is 2.05. The zero-order chi connectivity index (χ0) is 15.3. The van der Waals surface area contributed by atoms with E-state index in [9.17, 15) is 9.90 Å². The Morgan fingerprint density at radius 2 is 2.14 bits per heavy atom. The van der Waals surface area contributed by atoms with Crippen LogP contribution in [0.4, 0.5) is 0 Å². The summed E-state index contributed by atoms with van der Waals surface area (Å²) in [4.78, 5) is 14.0. The molecule has 0 aliphatic heterocycles. The summed E-state index contributed by atoms with van der Waals surface area (Å²) in [6, 6.07) is 11.9. The Morgan fingerprint density at radius 3 is 2.91 bits per heavy atom. The molecule has 0 aliphatic carbocycles. The van der Waals surface area contributed by atoms with E-state index in [0.29, 0.717) is 5.65 Å². The number of benzene rings is 1. The van der Waals surface area contributed by atoms with Crippen LogP contribution in [0.25, 0.3) is 27.0 Å². The minimum Gasteiger partial charge on any atom is -0.391 e. The topological polar surface area (TPSA) is 70.4 Å². The van der Waals surface area contributed by atoms with Crippen molar-refractivity contribution in [3.8, 4) is 10.4 Å². The number of thiophene rings is 1. The van der Waals surface area contributed by atoms with E-state index >= 15 is 0 Å². The van der Waals surface area contributed by atoms with Gasteiger partial charge in [0, 0.05) is 15.1 Å². The summed E-state index contributed by atoms with van der Waals surface area (Å²) < 4.78 is 1.59. The minimum atomic E-state index is -0.237. The van der Waals surface area contributed by atoms with Gasteiger partial charge in [-0.05, 0) is 42.3 Å². The van der Waals surface area contributed by atoms with Gasteiger partial charge in [-0.1, -0.05) is 12.1 Å². The Bertz CT molecular complexity index is 1060. The Hall–Kier alpha value is -2.44. The SMILES string of the molecule is Cc1cc2n[nH]c(=O)n2c2cc(-c3ccc(CO)s3)ccc12. The molecule has 6 heteroatoms.